The number of benzene rings is 1. The Morgan fingerprint density at radius 3 is 2.81 bits per heavy atom. The third-order valence-electron chi connectivity index (χ3n) is 3.94. The summed E-state index contributed by atoms with van der Waals surface area (Å²) < 4.78 is 1.08. The fourth-order valence-electron chi connectivity index (χ4n) is 2.42. The minimum Gasteiger partial charge on any atom is -0.350 e. The Morgan fingerprint density at radius 1 is 1.30 bits per heavy atom. The van der Waals surface area contributed by atoms with Crippen molar-refractivity contribution in [2.75, 3.05) is 23.3 Å². The van der Waals surface area contributed by atoms with Crippen LogP contribution >= 0.6 is 22.7 Å². The van der Waals surface area contributed by atoms with E-state index in [9.17, 15) is 4.79 Å². The Balaban J connectivity index is 1.54. The average molecular weight is 403 g/mol. The summed E-state index contributed by atoms with van der Waals surface area (Å²) in [5.74, 6) is -0.223. The highest BCUT2D eigenvalue weighted by atomic mass is 32.1. The Kier molecular flexibility index (Phi) is 6.36. The number of nitrogens with one attached hydrogen (secondary N) is 2. The van der Waals surface area contributed by atoms with Crippen molar-refractivity contribution in [1.29, 1.82) is 0 Å². The number of hydrogen-bond acceptors (Lipinski definition) is 8. The molecule has 1 aromatic carbocycles. The zero-order valence-electron chi connectivity index (χ0n) is 15.5. The van der Waals surface area contributed by atoms with E-state index in [4.69, 9.17) is 0 Å². The molecule has 2 N–H and O–H groups in total. The van der Waals surface area contributed by atoms with E-state index in [-0.39, 0.29) is 5.91 Å². The first-order chi connectivity index (χ1) is 13.1. The standard InChI is InChI=1S/C18H22N6OS2/c1-4-24(5-2)18-19-10-13(26-18)11-20-23-16(25)12(3)21-17-22-14-8-6-7-9-15(14)27-17/h6-12H,4-5H2,1-3H3,(H,21,22)(H,23,25)/b20-11-/t12-/m0/s1. The molecule has 142 valence electrons. The molecule has 0 radical (unpaired) electrons. The first kappa shape index (κ1) is 19.2. The maximum absolute atomic E-state index is 12.2. The molecule has 0 saturated heterocycles. The molecule has 0 aliphatic carbocycles. The molecule has 3 rings (SSSR count). The van der Waals surface area contributed by atoms with E-state index in [0.29, 0.717) is 5.13 Å². The quantitative estimate of drug-likeness (QED) is 0.445. The zero-order valence-corrected chi connectivity index (χ0v) is 17.1. The smallest absolute Gasteiger partial charge is 0.262 e. The van der Waals surface area contributed by atoms with Crippen LogP contribution in [0.5, 0.6) is 0 Å². The minimum atomic E-state index is -0.449. The van der Waals surface area contributed by atoms with Crippen molar-refractivity contribution in [1.82, 2.24) is 15.4 Å². The van der Waals surface area contributed by atoms with Gasteiger partial charge in [0.2, 0.25) is 0 Å². The molecule has 9 heteroatoms. The third-order valence-corrected chi connectivity index (χ3v) is 5.90. The lowest BCUT2D eigenvalue weighted by Gasteiger charge is -2.16. The number of carbonyl (C=O) groups excluding carboxylic acids is 1. The lowest BCUT2D eigenvalue weighted by atomic mass is 10.3. The number of hydrogen-bond donors (Lipinski definition) is 2. The number of aromatic nitrogens is 2. The topological polar surface area (TPSA) is 82.5 Å². The molecule has 0 unspecified atom stereocenters. The fraction of sp³-hybridized carbons (Fsp3) is 0.333. The average Bonchev–Trinajstić information content (AvgIpc) is 3.29. The van der Waals surface area contributed by atoms with Crippen molar-refractivity contribution in [2.24, 2.45) is 5.10 Å². The van der Waals surface area contributed by atoms with Crippen molar-refractivity contribution >= 4 is 55.3 Å². The van der Waals surface area contributed by atoms with E-state index in [1.54, 1.807) is 30.7 Å². The highest BCUT2D eigenvalue weighted by molar-refractivity contribution is 7.22. The molecule has 0 aliphatic heterocycles. The van der Waals surface area contributed by atoms with Crippen molar-refractivity contribution < 1.29 is 4.79 Å². The Hall–Kier alpha value is -2.52. The summed E-state index contributed by atoms with van der Waals surface area (Å²) in [6, 6.07) is 7.43. The molecule has 1 amide bonds. The van der Waals surface area contributed by atoms with Gasteiger partial charge < -0.3 is 10.2 Å². The fourth-order valence-corrected chi connectivity index (χ4v) is 4.29. The first-order valence-electron chi connectivity index (χ1n) is 8.76. The number of hydrazone groups is 1. The maximum atomic E-state index is 12.2. The van der Waals surface area contributed by atoms with Gasteiger partial charge in [0.1, 0.15) is 6.04 Å². The number of anilines is 2. The monoisotopic (exact) mass is 402 g/mol. The second-order valence-corrected chi connectivity index (χ2v) is 7.88. The molecule has 3 aromatic rings. The van der Waals surface area contributed by atoms with Gasteiger partial charge >= 0.3 is 0 Å². The molecular formula is C18H22N6OS2. The number of carbonyl (C=O) groups is 1. The Bertz CT molecular complexity index is 898. The summed E-state index contributed by atoms with van der Waals surface area (Å²) in [6.07, 6.45) is 3.38. The number of para-hydroxylation sites is 1. The predicted molar refractivity (Wildman–Crippen MR) is 114 cm³/mol. The Morgan fingerprint density at radius 2 is 2.07 bits per heavy atom. The van der Waals surface area contributed by atoms with Gasteiger partial charge in [-0.3, -0.25) is 4.79 Å². The summed E-state index contributed by atoms with van der Waals surface area (Å²) in [5.41, 5.74) is 3.48. The number of nitrogens with zero attached hydrogens (tertiary/aromatic N) is 4. The van der Waals surface area contributed by atoms with E-state index < -0.39 is 6.04 Å². The second kappa shape index (κ2) is 8.92. The molecule has 2 heterocycles. The lowest BCUT2D eigenvalue weighted by Crippen LogP contribution is -2.34. The zero-order chi connectivity index (χ0) is 19.2. The van der Waals surface area contributed by atoms with Gasteiger partial charge in [-0.05, 0) is 32.9 Å². The largest absolute Gasteiger partial charge is 0.350 e. The summed E-state index contributed by atoms with van der Waals surface area (Å²) in [7, 11) is 0. The highest BCUT2D eigenvalue weighted by Gasteiger charge is 2.14. The molecule has 2 aromatic heterocycles. The second-order valence-electron chi connectivity index (χ2n) is 5.80. The molecule has 27 heavy (non-hydrogen) atoms. The number of rotatable bonds is 8. The third kappa shape index (κ3) is 4.81. The van der Waals surface area contributed by atoms with Crippen molar-refractivity contribution in [3.8, 4) is 0 Å². The van der Waals surface area contributed by atoms with Crippen LogP contribution in [0.3, 0.4) is 0 Å². The van der Waals surface area contributed by atoms with E-state index in [2.05, 4.69) is 44.6 Å². The van der Waals surface area contributed by atoms with Crippen LogP contribution in [0, 0.1) is 0 Å². The van der Waals surface area contributed by atoms with E-state index in [1.165, 1.54) is 11.3 Å². The molecule has 0 fully saturated rings. The van der Waals surface area contributed by atoms with Crippen LogP contribution in [0.25, 0.3) is 10.2 Å². The van der Waals surface area contributed by atoms with Crippen LogP contribution in [0.15, 0.2) is 35.6 Å². The van der Waals surface area contributed by atoms with Crippen LogP contribution in [0.4, 0.5) is 10.3 Å². The van der Waals surface area contributed by atoms with Gasteiger partial charge in [-0.2, -0.15) is 5.10 Å². The minimum absolute atomic E-state index is 0.223. The number of amides is 1. The number of thiazole rings is 2. The predicted octanol–water partition coefficient (Wildman–Crippen LogP) is 3.55. The molecule has 0 bridgehead atoms. The highest BCUT2D eigenvalue weighted by Crippen LogP contribution is 2.25. The van der Waals surface area contributed by atoms with Crippen molar-refractivity contribution in [2.45, 2.75) is 26.8 Å². The van der Waals surface area contributed by atoms with Crippen LogP contribution in [0.1, 0.15) is 25.6 Å². The molecule has 7 nitrogen and oxygen atoms in total. The SMILES string of the molecule is CCN(CC)c1ncc(/C=N\NC(=O)[C@H](C)Nc2nc3ccccc3s2)s1. The van der Waals surface area contributed by atoms with Crippen LogP contribution in [-0.2, 0) is 4.79 Å². The van der Waals surface area contributed by atoms with Gasteiger partial charge in [0.05, 0.1) is 21.3 Å². The molecule has 0 spiro atoms. The molecular weight excluding hydrogens is 380 g/mol. The lowest BCUT2D eigenvalue weighted by molar-refractivity contribution is -0.121. The molecule has 0 aliphatic rings. The van der Waals surface area contributed by atoms with Gasteiger partial charge in [-0.25, -0.2) is 15.4 Å². The normalized spacial score (nSPS) is 12.4. The van der Waals surface area contributed by atoms with Gasteiger partial charge in [-0.15, -0.1) is 0 Å². The molecule has 1 atom stereocenters. The summed E-state index contributed by atoms with van der Waals surface area (Å²) in [6.45, 7) is 7.79. The van der Waals surface area contributed by atoms with Crippen molar-refractivity contribution in [3.05, 3.63) is 35.3 Å². The van der Waals surface area contributed by atoms with Crippen molar-refractivity contribution in [3.63, 3.8) is 0 Å². The first-order valence-corrected chi connectivity index (χ1v) is 10.4. The van der Waals surface area contributed by atoms with E-state index in [1.807, 2.05) is 24.3 Å². The van der Waals surface area contributed by atoms with E-state index >= 15 is 0 Å². The summed E-state index contributed by atoms with van der Waals surface area (Å²) >= 11 is 3.07. The summed E-state index contributed by atoms with van der Waals surface area (Å²) in [5, 5.41) is 8.83. The van der Waals surface area contributed by atoms with Gasteiger partial charge in [0, 0.05) is 19.3 Å². The van der Waals surface area contributed by atoms with Gasteiger partial charge in [-0.1, -0.05) is 34.8 Å². The van der Waals surface area contributed by atoms with Crippen LogP contribution in [0.2, 0.25) is 0 Å². The van der Waals surface area contributed by atoms with Gasteiger partial charge in [0.15, 0.2) is 10.3 Å². The maximum Gasteiger partial charge on any atom is 0.262 e. The Labute approximate surface area is 166 Å². The van der Waals surface area contributed by atoms with Crippen LogP contribution in [-0.4, -0.2) is 41.2 Å². The number of fused-ring (bicyclic) bond motifs is 1. The molecule has 0 saturated carbocycles. The van der Waals surface area contributed by atoms with Crippen LogP contribution < -0.4 is 15.6 Å². The van der Waals surface area contributed by atoms with Gasteiger partial charge in [0.25, 0.3) is 5.91 Å². The summed E-state index contributed by atoms with van der Waals surface area (Å²) in [4.78, 5) is 24.2. The van der Waals surface area contributed by atoms with E-state index in [0.717, 1.165) is 33.3 Å².